The molecule has 0 bridgehead atoms. The Morgan fingerprint density at radius 1 is 0.290 bits per heavy atom. The third kappa shape index (κ3) is 54.9. The molecule has 0 aliphatic rings. The Bertz CT molecular complexity index is 1350. The van der Waals surface area contributed by atoms with E-state index in [-0.39, 0.29) is 50.4 Å². The van der Waals surface area contributed by atoms with Gasteiger partial charge in [0.2, 0.25) is 0 Å². The third-order valence-electron chi connectivity index (χ3n) is 11.7. The van der Waals surface area contributed by atoms with Crippen LogP contribution >= 0.6 is 0 Å². The lowest BCUT2D eigenvalue weighted by atomic mass is 10.1. The van der Waals surface area contributed by atoms with Crippen LogP contribution in [0.3, 0.4) is 0 Å². The maximum absolute atomic E-state index is 12.8. The zero-order chi connectivity index (χ0) is 50.0. The van der Waals surface area contributed by atoms with Crippen LogP contribution in [0.5, 0.6) is 0 Å². The Morgan fingerprint density at radius 3 is 0.884 bits per heavy atom. The highest BCUT2D eigenvalue weighted by molar-refractivity contribution is 5.71. The predicted molar refractivity (Wildman–Crippen MR) is 297 cm³/mol. The van der Waals surface area contributed by atoms with Crippen LogP contribution in [0.4, 0.5) is 0 Å². The molecule has 0 aromatic heterocycles. The summed E-state index contributed by atoms with van der Waals surface area (Å²) in [6.45, 7) is 6.49. The van der Waals surface area contributed by atoms with Crippen LogP contribution in [-0.2, 0) is 28.6 Å². The standard InChI is InChI=1S/C63H104O6/c1-4-7-10-13-16-19-22-25-28-31-34-37-40-43-46-49-52-55-61(64)67-58-60(69-63(66)57-54-51-48-45-42-39-36-33-30-27-24-21-18-15-12-9-6-3)59-68-62(65)56-53-50-47-44-41-38-35-32-29-26-23-20-17-14-11-8-5-2/h18,21,25-30,34-39,43-44,46-47,60H,4-17,19-20,22-24,31-33,40-42,45,48-59H2,1-3H3/b21-18-,28-25-,29-26-,30-27-,37-34-,38-35-,39-36-,46-43-,47-44-. The molecule has 392 valence electrons. The maximum atomic E-state index is 12.8. The summed E-state index contributed by atoms with van der Waals surface area (Å²) >= 11 is 0. The number of esters is 3. The Hall–Kier alpha value is -3.93. The average molecular weight is 958 g/mol. The van der Waals surface area contributed by atoms with Crippen molar-refractivity contribution in [1.82, 2.24) is 0 Å². The Morgan fingerprint density at radius 2 is 0.536 bits per heavy atom. The molecule has 0 aromatic carbocycles. The van der Waals surface area contributed by atoms with Crippen LogP contribution in [-0.4, -0.2) is 37.2 Å². The van der Waals surface area contributed by atoms with E-state index in [1.54, 1.807) is 0 Å². The molecule has 0 aliphatic heterocycles. The van der Waals surface area contributed by atoms with Gasteiger partial charge in [-0.3, -0.25) is 14.4 Å². The van der Waals surface area contributed by atoms with Gasteiger partial charge in [0.15, 0.2) is 6.10 Å². The van der Waals surface area contributed by atoms with Crippen molar-refractivity contribution in [3.05, 3.63) is 109 Å². The van der Waals surface area contributed by atoms with Crippen molar-refractivity contribution < 1.29 is 28.6 Å². The maximum Gasteiger partial charge on any atom is 0.306 e. The summed E-state index contributed by atoms with van der Waals surface area (Å²) in [6, 6.07) is 0. The van der Waals surface area contributed by atoms with E-state index in [0.29, 0.717) is 12.8 Å². The van der Waals surface area contributed by atoms with Gasteiger partial charge in [-0.05, 0) is 122 Å². The number of hydrogen-bond donors (Lipinski definition) is 0. The molecular weight excluding hydrogens is 853 g/mol. The van der Waals surface area contributed by atoms with E-state index in [2.05, 4.69) is 130 Å². The minimum Gasteiger partial charge on any atom is -0.462 e. The zero-order valence-corrected chi connectivity index (χ0v) is 44.8. The fourth-order valence-corrected chi connectivity index (χ4v) is 7.42. The van der Waals surface area contributed by atoms with E-state index in [1.165, 1.54) is 116 Å². The normalized spacial score (nSPS) is 12.5. The van der Waals surface area contributed by atoms with Gasteiger partial charge < -0.3 is 14.2 Å². The minimum atomic E-state index is -0.833. The molecule has 0 amide bonds. The SMILES string of the molecule is CCCCC/C=C\C/C=C\C/C=C\CCCCCCC(=O)OC(COC(=O)CCC/C=C\C/C=C\C/C=C\CCCCCCCC)COC(=O)CCC/C=C\C/C=C\C/C=C\CCCCCCCC. The van der Waals surface area contributed by atoms with Gasteiger partial charge in [-0.15, -0.1) is 0 Å². The van der Waals surface area contributed by atoms with Gasteiger partial charge in [-0.1, -0.05) is 220 Å². The van der Waals surface area contributed by atoms with Gasteiger partial charge in [-0.25, -0.2) is 0 Å². The van der Waals surface area contributed by atoms with Crippen LogP contribution in [0.1, 0.15) is 252 Å². The molecule has 0 saturated carbocycles. The molecule has 0 saturated heterocycles. The fourth-order valence-electron chi connectivity index (χ4n) is 7.42. The molecule has 0 fully saturated rings. The van der Waals surface area contributed by atoms with Gasteiger partial charge in [0.1, 0.15) is 13.2 Å². The quantitative estimate of drug-likeness (QED) is 0.0262. The monoisotopic (exact) mass is 957 g/mol. The van der Waals surface area contributed by atoms with Crippen molar-refractivity contribution >= 4 is 17.9 Å². The highest BCUT2D eigenvalue weighted by atomic mass is 16.6. The van der Waals surface area contributed by atoms with Crippen molar-refractivity contribution in [3.63, 3.8) is 0 Å². The van der Waals surface area contributed by atoms with E-state index in [4.69, 9.17) is 14.2 Å². The highest BCUT2D eigenvalue weighted by Gasteiger charge is 2.19. The first-order chi connectivity index (χ1) is 34.0. The van der Waals surface area contributed by atoms with Crippen molar-refractivity contribution in [1.29, 1.82) is 0 Å². The summed E-state index contributed by atoms with van der Waals surface area (Å²) in [6.07, 6.45) is 76.6. The molecule has 6 heteroatoms. The first kappa shape index (κ1) is 65.1. The van der Waals surface area contributed by atoms with Gasteiger partial charge in [0.25, 0.3) is 0 Å². The molecule has 0 aromatic rings. The second kappa shape index (κ2) is 56.7. The van der Waals surface area contributed by atoms with Crippen molar-refractivity contribution in [2.24, 2.45) is 0 Å². The molecule has 0 spiro atoms. The Kier molecular flexibility index (Phi) is 53.4. The summed E-state index contributed by atoms with van der Waals surface area (Å²) in [4.78, 5) is 38.1. The number of allylic oxidation sites excluding steroid dienone is 18. The number of unbranched alkanes of at least 4 members (excludes halogenated alkanes) is 21. The van der Waals surface area contributed by atoms with Crippen LogP contribution in [0.25, 0.3) is 0 Å². The summed E-state index contributed by atoms with van der Waals surface area (Å²) in [5.41, 5.74) is 0. The van der Waals surface area contributed by atoms with Gasteiger partial charge in [0.05, 0.1) is 0 Å². The lowest BCUT2D eigenvalue weighted by Gasteiger charge is -2.18. The van der Waals surface area contributed by atoms with E-state index >= 15 is 0 Å². The van der Waals surface area contributed by atoms with Gasteiger partial charge in [-0.2, -0.15) is 0 Å². The number of rotatable bonds is 50. The minimum absolute atomic E-state index is 0.131. The smallest absolute Gasteiger partial charge is 0.306 e. The number of ether oxygens (including phenoxy) is 3. The largest absolute Gasteiger partial charge is 0.462 e. The second-order valence-electron chi connectivity index (χ2n) is 18.5. The second-order valence-corrected chi connectivity index (χ2v) is 18.5. The fraction of sp³-hybridized carbons (Fsp3) is 0.667. The number of carbonyl (C=O) groups excluding carboxylic acids is 3. The molecule has 6 nitrogen and oxygen atoms in total. The number of hydrogen-bond acceptors (Lipinski definition) is 6. The number of carbonyl (C=O) groups is 3. The molecule has 0 radical (unpaired) electrons. The van der Waals surface area contributed by atoms with E-state index < -0.39 is 6.10 Å². The van der Waals surface area contributed by atoms with E-state index in [0.717, 1.165) is 83.5 Å². The lowest BCUT2D eigenvalue weighted by molar-refractivity contribution is -0.167. The Balaban J connectivity index is 4.59. The Labute approximate surface area is 425 Å². The molecule has 0 N–H and O–H groups in total. The van der Waals surface area contributed by atoms with Crippen LogP contribution in [0.15, 0.2) is 109 Å². The van der Waals surface area contributed by atoms with E-state index in [1.807, 2.05) is 0 Å². The molecule has 0 heterocycles. The summed E-state index contributed by atoms with van der Waals surface area (Å²) in [7, 11) is 0. The molecular formula is C63H104O6. The predicted octanol–water partition coefficient (Wildman–Crippen LogP) is 19.1. The molecule has 0 atom stereocenters. The van der Waals surface area contributed by atoms with Gasteiger partial charge >= 0.3 is 17.9 Å². The van der Waals surface area contributed by atoms with Crippen molar-refractivity contribution in [2.45, 2.75) is 258 Å². The highest BCUT2D eigenvalue weighted by Crippen LogP contribution is 2.12. The molecule has 0 rings (SSSR count). The van der Waals surface area contributed by atoms with Gasteiger partial charge in [0, 0.05) is 19.3 Å². The van der Waals surface area contributed by atoms with E-state index in [9.17, 15) is 14.4 Å². The zero-order valence-electron chi connectivity index (χ0n) is 44.8. The lowest BCUT2D eigenvalue weighted by Crippen LogP contribution is -2.30. The first-order valence-corrected chi connectivity index (χ1v) is 28.4. The summed E-state index contributed by atoms with van der Waals surface area (Å²) < 4.78 is 16.7. The van der Waals surface area contributed by atoms with Crippen molar-refractivity contribution in [2.75, 3.05) is 13.2 Å². The van der Waals surface area contributed by atoms with Crippen LogP contribution in [0, 0.1) is 0 Å². The summed E-state index contributed by atoms with van der Waals surface area (Å²) in [5, 5.41) is 0. The molecule has 69 heavy (non-hydrogen) atoms. The third-order valence-corrected chi connectivity index (χ3v) is 11.7. The topological polar surface area (TPSA) is 78.9 Å². The van der Waals surface area contributed by atoms with Crippen LogP contribution in [0.2, 0.25) is 0 Å². The summed E-state index contributed by atoms with van der Waals surface area (Å²) in [5.74, 6) is -1.05. The van der Waals surface area contributed by atoms with Crippen molar-refractivity contribution in [3.8, 4) is 0 Å². The molecule has 0 aliphatic carbocycles. The average Bonchev–Trinajstić information content (AvgIpc) is 3.35. The van der Waals surface area contributed by atoms with Crippen LogP contribution < -0.4 is 0 Å². The first-order valence-electron chi connectivity index (χ1n) is 28.4. The molecule has 0 unspecified atom stereocenters.